The third kappa shape index (κ3) is 4.02. The molecule has 0 saturated heterocycles. The van der Waals surface area contributed by atoms with Crippen molar-refractivity contribution < 1.29 is 23.1 Å². The molecule has 0 radical (unpaired) electrons. The van der Waals surface area contributed by atoms with Crippen molar-refractivity contribution in [1.82, 2.24) is 9.97 Å². The van der Waals surface area contributed by atoms with Crippen LogP contribution in [0.2, 0.25) is 0 Å². The van der Waals surface area contributed by atoms with Gasteiger partial charge in [0.15, 0.2) is 5.82 Å². The van der Waals surface area contributed by atoms with Crippen LogP contribution >= 0.6 is 0 Å². The number of nitrogens with zero attached hydrogens (tertiary/aromatic N) is 2. The Morgan fingerprint density at radius 2 is 1.94 bits per heavy atom. The van der Waals surface area contributed by atoms with Gasteiger partial charge in [0.25, 0.3) is 0 Å². The molecule has 0 atom stereocenters. The van der Waals surface area contributed by atoms with Gasteiger partial charge < -0.3 is 9.72 Å². The molecule has 9 heteroatoms. The van der Waals surface area contributed by atoms with Crippen LogP contribution in [-0.2, 0) is 11.3 Å². The fourth-order valence-electron chi connectivity index (χ4n) is 3.11. The van der Waals surface area contributed by atoms with Crippen LogP contribution in [0.5, 0.6) is 0 Å². The molecule has 2 N–H and O–H groups in total. The number of hydrogen-bond donors (Lipinski definition) is 2. The number of ether oxygens (including phenoxy) is 1. The van der Waals surface area contributed by atoms with Crippen molar-refractivity contribution in [3.8, 4) is 6.07 Å². The second-order valence-electron chi connectivity index (χ2n) is 6.73. The van der Waals surface area contributed by atoms with E-state index in [2.05, 4.69) is 15.3 Å². The average molecular weight is 432 g/mol. The monoisotopic (exact) mass is 432 g/mol. The number of carbonyl (C=O) groups excluding carboxylic acids is 2. The number of aromatic amines is 1. The molecule has 0 spiro atoms. The average Bonchev–Trinajstić information content (AvgIpc) is 3.23. The normalized spacial score (nSPS) is 10.5. The molecule has 158 valence electrons. The summed E-state index contributed by atoms with van der Waals surface area (Å²) >= 11 is 0. The molecule has 0 aliphatic carbocycles. The van der Waals surface area contributed by atoms with Crippen LogP contribution in [0, 0.1) is 23.0 Å². The summed E-state index contributed by atoms with van der Waals surface area (Å²) in [5.74, 6) is -3.32. The number of halogens is 2. The SMILES string of the molecule is N#Cc1cnc2[nH]cc(C(=O)c3c(F)ccc(NC(=O)OCc4ccccc4)c3F)c2c1. The molecule has 0 saturated carbocycles. The number of hydrogen-bond acceptors (Lipinski definition) is 5. The lowest BCUT2D eigenvalue weighted by Gasteiger charge is -2.11. The lowest BCUT2D eigenvalue weighted by molar-refractivity contribution is 0.103. The molecule has 4 aromatic rings. The number of ketones is 1. The van der Waals surface area contributed by atoms with E-state index in [1.54, 1.807) is 30.3 Å². The van der Waals surface area contributed by atoms with Gasteiger partial charge in [-0.2, -0.15) is 5.26 Å². The van der Waals surface area contributed by atoms with E-state index in [0.29, 0.717) is 0 Å². The minimum absolute atomic E-state index is 0.0508. The Morgan fingerprint density at radius 1 is 1.16 bits per heavy atom. The molecule has 0 aliphatic heterocycles. The fraction of sp³-hybridized carbons (Fsp3) is 0.0435. The quantitative estimate of drug-likeness (QED) is 0.445. The highest BCUT2D eigenvalue weighted by atomic mass is 19.1. The molecule has 32 heavy (non-hydrogen) atoms. The van der Waals surface area contributed by atoms with Crippen molar-refractivity contribution >= 4 is 28.6 Å². The highest BCUT2D eigenvalue weighted by Crippen LogP contribution is 2.27. The number of amides is 1. The summed E-state index contributed by atoms with van der Waals surface area (Å²) in [6, 6.07) is 14.0. The molecule has 0 bridgehead atoms. The minimum atomic E-state index is -1.24. The largest absolute Gasteiger partial charge is 0.444 e. The number of aromatic nitrogens is 2. The summed E-state index contributed by atoms with van der Waals surface area (Å²) in [4.78, 5) is 31.7. The zero-order valence-electron chi connectivity index (χ0n) is 16.4. The molecule has 2 aromatic carbocycles. The van der Waals surface area contributed by atoms with Crippen LogP contribution < -0.4 is 5.32 Å². The van der Waals surface area contributed by atoms with Gasteiger partial charge in [-0.05, 0) is 23.8 Å². The van der Waals surface area contributed by atoms with Crippen LogP contribution in [-0.4, -0.2) is 21.8 Å². The lowest BCUT2D eigenvalue weighted by Crippen LogP contribution is -2.17. The van der Waals surface area contributed by atoms with Gasteiger partial charge in [0.05, 0.1) is 16.8 Å². The second-order valence-corrected chi connectivity index (χ2v) is 6.73. The van der Waals surface area contributed by atoms with Gasteiger partial charge >= 0.3 is 6.09 Å². The van der Waals surface area contributed by atoms with Crippen molar-refractivity contribution in [3.63, 3.8) is 0 Å². The number of benzene rings is 2. The molecule has 0 aliphatic rings. The molecule has 0 unspecified atom stereocenters. The molecule has 2 aromatic heterocycles. The molecule has 0 fully saturated rings. The molecule has 4 rings (SSSR count). The Hall–Kier alpha value is -4.58. The van der Waals surface area contributed by atoms with Gasteiger partial charge in [-0.15, -0.1) is 0 Å². The predicted molar refractivity (Wildman–Crippen MR) is 111 cm³/mol. The second kappa shape index (κ2) is 8.65. The number of anilines is 1. The number of carbonyl (C=O) groups is 2. The number of pyridine rings is 1. The van der Waals surface area contributed by atoms with E-state index >= 15 is 4.39 Å². The zero-order valence-corrected chi connectivity index (χ0v) is 16.4. The number of H-pyrrole nitrogens is 1. The minimum Gasteiger partial charge on any atom is -0.444 e. The first kappa shape index (κ1) is 20.7. The van der Waals surface area contributed by atoms with E-state index in [-0.39, 0.29) is 28.8 Å². The van der Waals surface area contributed by atoms with Crippen molar-refractivity contribution in [2.45, 2.75) is 6.61 Å². The first-order valence-corrected chi connectivity index (χ1v) is 9.35. The maximum atomic E-state index is 15.0. The summed E-state index contributed by atoms with van der Waals surface area (Å²) in [5.41, 5.74) is -0.137. The van der Waals surface area contributed by atoms with Crippen molar-refractivity contribution in [1.29, 1.82) is 5.26 Å². The molecule has 7 nitrogen and oxygen atoms in total. The van der Waals surface area contributed by atoms with E-state index in [0.717, 1.165) is 17.7 Å². The fourth-order valence-corrected chi connectivity index (χ4v) is 3.11. The molecular weight excluding hydrogens is 418 g/mol. The van der Waals surface area contributed by atoms with E-state index in [4.69, 9.17) is 10.00 Å². The summed E-state index contributed by atoms with van der Waals surface area (Å²) in [5, 5.41) is 11.5. The van der Waals surface area contributed by atoms with Gasteiger partial charge in [0.2, 0.25) is 5.78 Å². The Bertz CT molecular complexity index is 1380. The third-order valence-electron chi connectivity index (χ3n) is 4.67. The van der Waals surface area contributed by atoms with Gasteiger partial charge in [0.1, 0.15) is 24.1 Å². The number of nitriles is 1. The molecule has 2 heterocycles. The van der Waals surface area contributed by atoms with Gasteiger partial charge in [0, 0.05) is 23.3 Å². The van der Waals surface area contributed by atoms with E-state index < -0.39 is 34.8 Å². The maximum absolute atomic E-state index is 15.0. The van der Waals surface area contributed by atoms with Crippen LogP contribution in [0.1, 0.15) is 27.0 Å². The predicted octanol–water partition coefficient (Wildman–Crippen LogP) is 4.69. The summed E-state index contributed by atoms with van der Waals surface area (Å²) in [7, 11) is 0. The van der Waals surface area contributed by atoms with Crippen LogP contribution in [0.15, 0.2) is 60.9 Å². The Labute approximate surface area is 180 Å². The highest BCUT2D eigenvalue weighted by molar-refractivity contribution is 6.16. The van der Waals surface area contributed by atoms with E-state index in [1.807, 2.05) is 6.07 Å². The smallest absolute Gasteiger partial charge is 0.412 e. The van der Waals surface area contributed by atoms with Gasteiger partial charge in [-0.1, -0.05) is 30.3 Å². The molecule has 1 amide bonds. The van der Waals surface area contributed by atoms with Gasteiger partial charge in [-0.25, -0.2) is 18.6 Å². The van der Waals surface area contributed by atoms with E-state index in [1.165, 1.54) is 18.5 Å². The summed E-state index contributed by atoms with van der Waals surface area (Å²) < 4.78 is 34.5. The number of rotatable bonds is 5. The highest BCUT2D eigenvalue weighted by Gasteiger charge is 2.25. The van der Waals surface area contributed by atoms with Crippen molar-refractivity contribution in [2.75, 3.05) is 5.32 Å². The molecular formula is C23H14F2N4O3. The van der Waals surface area contributed by atoms with E-state index in [9.17, 15) is 14.0 Å². The third-order valence-corrected chi connectivity index (χ3v) is 4.67. The number of nitrogens with one attached hydrogen (secondary N) is 2. The standard InChI is InChI=1S/C23H14F2N4O3/c24-17-6-7-18(29-23(31)32-12-13-4-2-1-3-5-13)20(25)19(17)21(30)16-11-28-22-15(16)8-14(9-26)10-27-22/h1-8,10-11H,12H2,(H,27,28)(H,29,31). The Balaban J connectivity index is 1.60. The van der Waals surface area contributed by atoms with Crippen molar-refractivity contribution in [3.05, 3.63) is 94.8 Å². The number of fused-ring (bicyclic) bond motifs is 1. The zero-order chi connectivity index (χ0) is 22.7. The first-order valence-electron chi connectivity index (χ1n) is 9.35. The topological polar surface area (TPSA) is 108 Å². The van der Waals surface area contributed by atoms with Crippen molar-refractivity contribution in [2.24, 2.45) is 0 Å². The Morgan fingerprint density at radius 3 is 2.69 bits per heavy atom. The first-order chi connectivity index (χ1) is 15.5. The lowest BCUT2D eigenvalue weighted by atomic mass is 10.0. The van der Waals surface area contributed by atoms with Crippen LogP contribution in [0.4, 0.5) is 19.3 Å². The summed E-state index contributed by atoms with van der Waals surface area (Å²) in [6.45, 7) is -0.0508. The van der Waals surface area contributed by atoms with Crippen LogP contribution in [0.3, 0.4) is 0 Å². The maximum Gasteiger partial charge on any atom is 0.412 e. The van der Waals surface area contributed by atoms with Crippen LogP contribution in [0.25, 0.3) is 11.0 Å². The van der Waals surface area contributed by atoms with Gasteiger partial charge in [-0.3, -0.25) is 10.1 Å². The summed E-state index contributed by atoms with van der Waals surface area (Å²) in [6.07, 6.45) is 1.60. The Kier molecular flexibility index (Phi) is 5.59.